The van der Waals surface area contributed by atoms with E-state index in [4.69, 9.17) is 15.2 Å². The van der Waals surface area contributed by atoms with E-state index in [-0.39, 0.29) is 17.5 Å². The molecule has 1 aromatic heterocycles. The van der Waals surface area contributed by atoms with Gasteiger partial charge in [0.1, 0.15) is 22.2 Å². The predicted molar refractivity (Wildman–Crippen MR) is 131 cm³/mol. The summed E-state index contributed by atoms with van der Waals surface area (Å²) in [6.07, 6.45) is 3.50. The van der Waals surface area contributed by atoms with Crippen LogP contribution < -0.4 is 25.8 Å². The van der Waals surface area contributed by atoms with Crippen LogP contribution in [0.1, 0.15) is 52.9 Å². The second-order valence-corrected chi connectivity index (χ2v) is 9.61. The summed E-state index contributed by atoms with van der Waals surface area (Å²) in [5, 5.41) is 7.30. The summed E-state index contributed by atoms with van der Waals surface area (Å²) in [6.45, 7) is 4.55. The van der Waals surface area contributed by atoms with Crippen LogP contribution in [-0.4, -0.2) is 36.6 Å². The average Bonchev–Trinajstić information content (AvgIpc) is 3.56. The van der Waals surface area contributed by atoms with Crippen molar-refractivity contribution in [2.45, 2.75) is 38.1 Å². The van der Waals surface area contributed by atoms with Crippen molar-refractivity contribution in [3.8, 4) is 11.5 Å². The molecule has 7 nitrogen and oxygen atoms in total. The molecule has 4 N–H and O–H groups in total. The molecule has 3 heterocycles. The summed E-state index contributed by atoms with van der Waals surface area (Å²) < 4.78 is 11.5. The van der Waals surface area contributed by atoms with Gasteiger partial charge in [-0.15, -0.1) is 0 Å². The second kappa shape index (κ2) is 9.41. The monoisotopic (exact) mass is 464 g/mol. The van der Waals surface area contributed by atoms with Gasteiger partial charge in [-0.05, 0) is 68.3 Å². The van der Waals surface area contributed by atoms with E-state index < -0.39 is 0 Å². The second-order valence-electron chi connectivity index (χ2n) is 8.61. The number of carbonyl (C=O) groups is 1. The van der Waals surface area contributed by atoms with Gasteiger partial charge in [-0.25, -0.2) is 4.98 Å². The summed E-state index contributed by atoms with van der Waals surface area (Å²) in [4.78, 5) is 17.9. The number of rotatable bonds is 8. The molecule has 0 saturated carbocycles. The molecule has 2 aliphatic rings. The molecular formula is C25H28N4O3S. The summed E-state index contributed by atoms with van der Waals surface area (Å²) in [6, 6.07) is 13.9. The van der Waals surface area contributed by atoms with Gasteiger partial charge in [0, 0.05) is 28.8 Å². The highest BCUT2D eigenvalue weighted by atomic mass is 32.1. The van der Waals surface area contributed by atoms with E-state index in [0.717, 1.165) is 35.7 Å². The van der Waals surface area contributed by atoms with Gasteiger partial charge in [-0.2, -0.15) is 0 Å². The maximum absolute atomic E-state index is 13.1. The SMILES string of the molecule is CC1COc2ccc(C(=O)c3sc(Nc4ccc(OCCC5CCCN5)cc4)nc3N)cc21. The molecule has 3 aromatic rings. The lowest BCUT2D eigenvalue weighted by molar-refractivity contribution is 0.104. The fraction of sp³-hybridized carbons (Fsp3) is 0.360. The number of hydrogen-bond donors (Lipinski definition) is 3. The third-order valence-electron chi connectivity index (χ3n) is 6.15. The molecule has 2 atom stereocenters. The van der Waals surface area contributed by atoms with Crippen LogP contribution in [0.2, 0.25) is 0 Å². The topological polar surface area (TPSA) is 98.5 Å². The summed E-state index contributed by atoms with van der Waals surface area (Å²) in [7, 11) is 0. The quantitative estimate of drug-likeness (QED) is 0.415. The van der Waals surface area contributed by atoms with Crippen LogP contribution in [0.3, 0.4) is 0 Å². The molecule has 0 amide bonds. The third kappa shape index (κ3) is 4.82. The number of thiazole rings is 1. The van der Waals surface area contributed by atoms with E-state index in [1.807, 2.05) is 36.4 Å². The maximum atomic E-state index is 13.1. The summed E-state index contributed by atoms with van der Waals surface area (Å²) in [5.41, 5.74) is 8.61. The Hall–Kier alpha value is -3.10. The molecule has 8 heteroatoms. The molecule has 1 fully saturated rings. The van der Waals surface area contributed by atoms with Crippen LogP contribution in [0.15, 0.2) is 42.5 Å². The number of carbonyl (C=O) groups excluding carboxylic acids is 1. The normalized spacial score (nSPS) is 19.2. The number of aromatic nitrogens is 1. The van der Waals surface area contributed by atoms with Crippen molar-refractivity contribution in [2.24, 2.45) is 0 Å². The molecule has 2 unspecified atom stereocenters. The van der Waals surface area contributed by atoms with E-state index in [9.17, 15) is 4.79 Å². The highest BCUT2D eigenvalue weighted by Gasteiger charge is 2.24. The lowest BCUT2D eigenvalue weighted by Gasteiger charge is -2.11. The highest BCUT2D eigenvalue weighted by Crippen LogP contribution is 2.36. The Morgan fingerprint density at radius 1 is 1.30 bits per heavy atom. The molecule has 0 aliphatic carbocycles. The Bertz CT molecular complexity index is 1140. The van der Waals surface area contributed by atoms with Crippen molar-refractivity contribution in [3.63, 3.8) is 0 Å². The first-order chi connectivity index (χ1) is 16.1. The van der Waals surface area contributed by atoms with E-state index in [0.29, 0.717) is 34.8 Å². The number of hydrogen-bond acceptors (Lipinski definition) is 8. The Morgan fingerprint density at radius 2 is 2.15 bits per heavy atom. The number of nitrogens with zero attached hydrogens (tertiary/aromatic N) is 1. The summed E-state index contributed by atoms with van der Waals surface area (Å²) >= 11 is 1.26. The van der Waals surface area contributed by atoms with Crippen molar-refractivity contribution in [3.05, 3.63) is 58.5 Å². The number of ether oxygens (including phenoxy) is 2. The molecule has 0 bridgehead atoms. The average molecular weight is 465 g/mol. The van der Waals surface area contributed by atoms with Gasteiger partial charge in [0.2, 0.25) is 5.78 Å². The first kappa shape index (κ1) is 21.7. The van der Waals surface area contributed by atoms with Crippen molar-refractivity contribution in [1.29, 1.82) is 0 Å². The number of nitrogen functional groups attached to an aromatic ring is 1. The lowest BCUT2D eigenvalue weighted by Crippen LogP contribution is -2.23. The van der Waals surface area contributed by atoms with Crippen LogP contribution in [0.25, 0.3) is 0 Å². The first-order valence-corrected chi connectivity index (χ1v) is 12.2. The van der Waals surface area contributed by atoms with E-state index in [2.05, 4.69) is 22.5 Å². The van der Waals surface area contributed by atoms with Crippen LogP contribution in [0.5, 0.6) is 11.5 Å². The van der Waals surface area contributed by atoms with E-state index in [1.54, 1.807) is 6.07 Å². The van der Waals surface area contributed by atoms with Gasteiger partial charge in [0.05, 0.1) is 13.2 Å². The number of anilines is 3. The highest BCUT2D eigenvalue weighted by molar-refractivity contribution is 7.18. The van der Waals surface area contributed by atoms with Crippen molar-refractivity contribution < 1.29 is 14.3 Å². The Balaban J connectivity index is 1.21. The zero-order chi connectivity index (χ0) is 22.8. The molecule has 2 aliphatic heterocycles. The standard InChI is InChI=1S/C25H28N4O3S/c1-15-14-32-21-9-4-16(13-20(15)21)22(30)23-24(26)29-25(33-23)28-18-5-7-19(8-6-18)31-12-10-17-3-2-11-27-17/h4-9,13,15,17,27H,2-3,10-12,14,26H2,1H3,(H,28,29). The minimum atomic E-state index is -0.125. The smallest absolute Gasteiger partial charge is 0.206 e. The van der Waals surface area contributed by atoms with Gasteiger partial charge in [0.25, 0.3) is 0 Å². The van der Waals surface area contributed by atoms with Crippen LogP contribution in [0.4, 0.5) is 16.6 Å². The molecule has 5 rings (SSSR count). The third-order valence-corrected chi connectivity index (χ3v) is 7.14. The van der Waals surface area contributed by atoms with Gasteiger partial charge in [-0.3, -0.25) is 4.79 Å². The fourth-order valence-electron chi connectivity index (χ4n) is 4.27. The Kier molecular flexibility index (Phi) is 6.20. The number of nitrogens with two attached hydrogens (primary N) is 1. The molecule has 172 valence electrons. The molecule has 1 saturated heterocycles. The van der Waals surface area contributed by atoms with Gasteiger partial charge in [-0.1, -0.05) is 18.3 Å². The number of nitrogens with one attached hydrogen (secondary N) is 2. The molecule has 0 spiro atoms. The number of benzene rings is 2. The predicted octanol–water partition coefficient (Wildman–Crippen LogP) is 4.72. The summed E-state index contributed by atoms with van der Waals surface area (Å²) in [5.74, 6) is 2.07. The van der Waals surface area contributed by atoms with Crippen molar-refractivity contribution in [2.75, 3.05) is 30.8 Å². The van der Waals surface area contributed by atoms with Crippen molar-refractivity contribution >= 4 is 33.8 Å². The minimum absolute atomic E-state index is 0.125. The zero-order valence-electron chi connectivity index (χ0n) is 18.6. The van der Waals surface area contributed by atoms with Gasteiger partial charge >= 0.3 is 0 Å². The number of fused-ring (bicyclic) bond motifs is 1. The Labute approximate surface area is 197 Å². The van der Waals surface area contributed by atoms with Crippen LogP contribution >= 0.6 is 11.3 Å². The first-order valence-electron chi connectivity index (χ1n) is 11.4. The zero-order valence-corrected chi connectivity index (χ0v) is 19.4. The molecule has 33 heavy (non-hydrogen) atoms. The molecule has 0 radical (unpaired) electrons. The number of ketones is 1. The molecular weight excluding hydrogens is 436 g/mol. The maximum Gasteiger partial charge on any atom is 0.206 e. The van der Waals surface area contributed by atoms with Crippen LogP contribution in [0, 0.1) is 0 Å². The van der Waals surface area contributed by atoms with E-state index >= 15 is 0 Å². The Morgan fingerprint density at radius 3 is 2.94 bits per heavy atom. The minimum Gasteiger partial charge on any atom is -0.494 e. The van der Waals surface area contributed by atoms with E-state index in [1.165, 1.54) is 24.2 Å². The van der Waals surface area contributed by atoms with Gasteiger partial charge < -0.3 is 25.8 Å². The van der Waals surface area contributed by atoms with Crippen LogP contribution in [-0.2, 0) is 0 Å². The fourth-order valence-corrected chi connectivity index (χ4v) is 5.14. The molecule has 2 aromatic carbocycles. The largest absolute Gasteiger partial charge is 0.494 e. The lowest BCUT2D eigenvalue weighted by atomic mass is 9.99. The van der Waals surface area contributed by atoms with Crippen molar-refractivity contribution in [1.82, 2.24) is 10.3 Å². The van der Waals surface area contributed by atoms with Gasteiger partial charge in [0.15, 0.2) is 5.13 Å².